The zero-order chi connectivity index (χ0) is 13.4. The second-order valence-electron chi connectivity index (χ2n) is 4.76. The van der Waals surface area contributed by atoms with Crippen LogP contribution in [0.5, 0.6) is 5.75 Å². The Morgan fingerprint density at radius 2 is 2.11 bits per heavy atom. The fraction of sp³-hybridized carbons (Fsp3) is 0.357. The normalized spacial score (nSPS) is 14.2. The number of fused-ring (bicyclic) bond motifs is 1. The molecule has 0 saturated heterocycles. The maximum atomic E-state index is 14.1. The third-order valence-electron chi connectivity index (χ3n) is 3.59. The van der Waals surface area contributed by atoms with Crippen LogP contribution < -0.4 is 10.5 Å². The van der Waals surface area contributed by atoms with Gasteiger partial charge in [-0.3, -0.25) is 4.57 Å². The highest BCUT2D eigenvalue weighted by Gasteiger charge is 2.19. The monoisotopic (exact) mass is 261 g/mol. The molecule has 1 aromatic carbocycles. The molecule has 0 saturated carbocycles. The summed E-state index contributed by atoms with van der Waals surface area (Å²) < 4.78 is 21.1. The molecule has 4 nitrogen and oxygen atoms in total. The van der Waals surface area contributed by atoms with Crippen molar-refractivity contribution in [3.05, 3.63) is 35.7 Å². The Hall–Kier alpha value is -2.04. The van der Waals surface area contributed by atoms with Crippen LogP contribution in [0.25, 0.3) is 5.69 Å². The molecule has 0 unspecified atom stereocenters. The summed E-state index contributed by atoms with van der Waals surface area (Å²) in [5.74, 6) is 0.124. The summed E-state index contributed by atoms with van der Waals surface area (Å²) in [6.07, 6.45) is 5.85. The molecule has 2 N–H and O–H groups in total. The van der Waals surface area contributed by atoms with E-state index in [0.717, 1.165) is 37.1 Å². The standard InChI is InChI=1S/C14H16FN3O/c1-19-14-7-13(9(15)6-10(14)16)18-8-17-11-4-2-3-5-12(11)18/h6-8H,2-5,16H2,1H3. The van der Waals surface area contributed by atoms with Crippen molar-refractivity contribution in [3.63, 3.8) is 0 Å². The highest BCUT2D eigenvalue weighted by atomic mass is 19.1. The van der Waals surface area contributed by atoms with Crippen molar-refractivity contribution >= 4 is 5.69 Å². The topological polar surface area (TPSA) is 53.1 Å². The number of nitrogens with two attached hydrogens (primary N) is 1. The number of hydrogen-bond donors (Lipinski definition) is 1. The zero-order valence-corrected chi connectivity index (χ0v) is 10.8. The SMILES string of the molecule is COc1cc(-n2cnc3c2CCCC3)c(F)cc1N. The number of ether oxygens (including phenoxy) is 1. The minimum Gasteiger partial charge on any atom is -0.495 e. The van der Waals surface area contributed by atoms with Gasteiger partial charge in [-0.25, -0.2) is 9.37 Å². The van der Waals surface area contributed by atoms with Crippen LogP contribution in [0.2, 0.25) is 0 Å². The largest absolute Gasteiger partial charge is 0.495 e. The average Bonchev–Trinajstić information content (AvgIpc) is 2.83. The summed E-state index contributed by atoms with van der Waals surface area (Å²) in [6.45, 7) is 0. The third-order valence-corrected chi connectivity index (χ3v) is 3.59. The van der Waals surface area contributed by atoms with E-state index in [2.05, 4.69) is 4.98 Å². The first-order chi connectivity index (χ1) is 9.20. The lowest BCUT2D eigenvalue weighted by atomic mass is 10.0. The van der Waals surface area contributed by atoms with Gasteiger partial charge in [-0.15, -0.1) is 0 Å². The summed E-state index contributed by atoms with van der Waals surface area (Å²) in [6, 6.07) is 2.92. The van der Waals surface area contributed by atoms with Gasteiger partial charge in [0.05, 0.1) is 30.5 Å². The summed E-state index contributed by atoms with van der Waals surface area (Å²) >= 11 is 0. The second-order valence-corrected chi connectivity index (χ2v) is 4.76. The van der Waals surface area contributed by atoms with Gasteiger partial charge in [0.15, 0.2) is 0 Å². The van der Waals surface area contributed by atoms with Crippen molar-refractivity contribution in [1.82, 2.24) is 9.55 Å². The maximum absolute atomic E-state index is 14.1. The number of rotatable bonds is 2. The fourth-order valence-corrected chi connectivity index (χ4v) is 2.60. The number of nitrogen functional groups attached to an aromatic ring is 1. The summed E-state index contributed by atoms with van der Waals surface area (Å²) in [7, 11) is 1.52. The highest BCUT2D eigenvalue weighted by Crippen LogP contribution is 2.30. The quantitative estimate of drug-likeness (QED) is 0.845. The molecule has 1 aromatic heterocycles. The van der Waals surface area contributed by atoms with Crippen LogP contribution in [-0.2, 0) is 12.8 Å². The summed E-state index contributed by atoms with van der Waals surface area (Å²) in [5.41, 5.74) is 8.62. The van der Waals surface area contributed by atoms with Crippen LogP contribution in [0.4, 0.5) is 10.1 Å². The molecule has 0 radical (unpaired) electrons. The van der Waals surface area contributed by atoms with E-state index in [9.17, 15) is 4.39 Å². The van der Waals surface area contributed by atoms with E-state index in [1.165, 1.54) is 13.2 Å². The van der Waals surface area contributed by atoms with Crippen molar-refractivity contribution < 1.29 is 9.13 Å². The Morgan fingerprint density at radius 1 is 1.32 bits per heavy atom. The number of halogens is 1. The van der Waals surface area contributed by atoms with Crippen LogP contribution in [0, 0.1) is 5.82 Å². The number of benzene rings is 1. The lowest BCUT2D eigenvalue weighted by Crippen LogP contribution is -2.08. The smallest absolute Gasteiger partial charge is 0.149 e. The fourth-order valence-electron chi connectivity index (χ4n) is 2.60. The molecule has 2 aromatic rings. The lowest BCUT2D eigenvalue weighted by molar-refractivity contribution is 0.415. The number of imidazole rings is 1. The van der Waals surface area contributed by atoms with Gasteiger partial charge in [0.25, 0.3) is 0 Å². The van der Waals surface area contributed by atoms with Crippen LogP contribution in [0.1, 0.15) is 24.2 Å². The lowest BCUT2D eigenvalue weighted by Gasteiger charge is -2.15. The van der Waals surface area contributed by atoms with E-state index in [1.54, 1.807) is 12.4 Å². The minimum absolute atomic E-state index is 0.303. The third kappa shape index (κ3) is 1.95. The molecule has 0 atom stereocenters. The van der Waals surface area contributed by atoms with E-state index >= 15 is 0 Å². The van der Waals surface area contributed by atoms with Crippen molar-refractivity contribution in [2.75, 3.05) is 12.8 Å². The number of aromatic nitrogens is 2. The zero-order valence-electron chi connectivity index (χ0n) is 10.8. The first-order valence-corrected chi connectivity index (χ1v) is 6.39. The molecule has 1 heterocycles. The predicted octanol–water partition coefficient (Wildman–Crippen LogP) is 2.48. The molecule has 0 fully saturated rings. The number of methoxy groups -OCH3 is 1. The maximum Gasteiger partial charge on any atom is 0.149 e. The number of aryl methyl sites for hydroxylation is 1. The molecule has 0 bridgehead atoms. The van der Waals surface area contributed by atoms with Gasteiger partial charge in [0, 0.05) is 17.8 Å². The Morgan fingerprint density at radius 3 is 2.89 bits per heavy atom. The van der Waals surface area contributed by atoms with Crippen molar-refractivity contribution in [2.45, 2.75) is 25.7 Å². The van der Waals surface area contributed by atoms with E-state index in [4.69, 9.17) is 10.5 Å². The molecular formula is C14H16FN3O. The van der Waals surface area contributed by atoms with Gasteiger partial charge in [-0.2, -0.15) is 0 Å². The Labute approximate surface area is 111 Å². The van der Waals surface area contributed by atoms with E-state index in [1.807, 2.05) is 4.57 Å². The van der Waals surface area contributed by atoms with Gasteiger partial charge in [0.2, 0.25) is 0 Å². The molecule has 100 valence electrons. The minimum atomic E-state index is -0.357. The van der Waals surface area contributed by atoms with Gasteiger partial charge in [0.1, 0.15) is 11.6 Å². The molecule has 1 aliphatic carbocycles. The van der Waals surface area contributed by atoms with Gasteiger partial charge in [-0.05, 0) is 25.7 Å². The molecule has 0 spiro atoms. The van der Waals surface area contributed by atoms with Crippen LogP contribution in [0.15, 0.2) is 18.5 Å². The number of hydrogen-bond acceptors (Lipinski definition) is 3. The molecule has 19 heavy (non-hydrogen) atoms. The van der Waals surface area contributed by atoms with Gasteiger partial charge < -0.3 is 10.5 Å². The first-order valence-electron chi connectivity index (χ1n) is 6.39. The molecule has 0 amide bonds. The Balaban J connectivity index is 2.14. The van der Waals surface area contributed by atoms with Crippen molar-refractivity contribution in [3.8, 4) is 11.4 Å². The Kier molecular flexibility index (Phi) is 2.89. The summed E-state index contributed by atoms with van der Waals surface area (Å²) in [4.78, 5) is 4.38. The van der Waals surface area contributed by atoms with Crippen molar-refractivity contribution in [2.24, 2.45) is 0 Å². The first kappa shape index (κ1) is 12.0. The van der Waals surface area contributed by atoms with Gasteiger partial charge in [-0.1, -0.05) is 0 Å². The molecule has 1 aliphatic rings. The number of anilines is 1. The highest BCUT2D eigenvalue weighted by molar-refractivity contribution is 5.58. The van der Waals surface area contributed by atoms with E-state index < -0.39 is 0 Å². The number of nitrogens with zero attached hydrogens (tertiary/aromatic N) is 2. The average molecular weight is 261 g/mol. The molecule has 0 aliphatic heterocycles. The van der Waals surface area contributed by atoms with E-state index in [0.29, 0.717) is 17.1 Å². The van der Waals surface area contributed by atoms with Crippen LogP contribution in [-0.4, -0.2) is 16.7 Å². The van der Waals surface area contributed by atoms with Crippen LogP contribution in [0.3, 0.4) is 0 Å². The second kappa shape index (κ2) is 4.57. The summed E-state index contributed by atoms with van der Waals surface area (Å²) in [5, 5.41) is 0. The van der Waals surface area contributed by atoms with Gasteiger partial charge >= 0.3 is 0 Å². The predicted molar refractivity (Wildman–Crippen MR) is 71.1 cm³/mol. The Bertz CT molecular complexity index is 621. The van der Waals surface area contributed by atoms with E-state index in [-0.39, 0.29) is 5.82 Å². The molecule has 5 heteroatoms. The molecular weight excluding hydrogens is 245 g/mol. The van der Waals surface area contributed by atoms with Crippen LogP contribution >= 0.6 is 0 Å². The molecule has 3 rings (SSSR count). The van der Waals surface area contributed by atoms with Crippen molar-refractivity contribution in [1.29, 1.82) is 0 Å².